The van der Waals surface area contributed by atoms with Gasteiger partial charge in [-0.2, -0.15) is 0 Å². The summed E-state index contributed by atoms with van der Waals surface area (Å²) in [6, 6.07) is 10.6. The van der Waals surface area contributed by atoms with Gasteiger partial charge < -0.3 is 14.6 Å². The number of carbonyl (C=O) groups is 1. The number of rotatable bonds is 6. The molecular weight excluding hydrogens is 340 g/mol. The first-order chi connectivity index (χ1) is 13.3. The van der Waals surface area contributed by atoms with Gasteiger partial charge in [-0.15, -0.1) is 10.2 Å². The lowest BCUT2D eigenvalue weighted by Gasteiger charge is -2.37. The summed E-state index contributed by atoms with van der Waals surface area (Å²) in [5, 5.41) is 12.2. The van der Waals surface area contributed by atoms with Crippen molar-refractivity contribution in [2.75, 3.05) is 19.6 Å². The Hall–Kier alpha value is -2.21. The van der Waals surface area contributed by atoms with E-state index in [1.54, 1.807) is 0 Å². The zero-order valence-electron chi connectivity index (χ0n) is 15.9. The van der Waals surface area contributed by atoms with Crippen LogP contribution in [0.2, 0.25) is 0 Å². The van der Waals surface area contributed by atoms with Crippen LogP contribution in [0.25, 0.3) is 0 Å². The monoisotopic (exact) mass is 368 g/mol. The number of amides is 1. The Morgan fingerprint density at radius 3 is 2.78 bits per heavy atom. The van der Waals surface area contributed by atoms with E-state index in [9.17, 15) is 4.79 Å². The number of nitrogens with zero attached hydrogens (tertiary/aromatic N) is 3. The molecule has 0 aliphatic carbocycles. The molecule has 0 unspecified atom stereocenters. The second-order valence-electron chi connectivity index (χ2n) is 7.67. The third kappa shape index (κ3) is 3.90. The van der Waals surface area contributed by atoms with E-state index in [1.807, 2.05) is 11.0 Å². The molecule has 0 saturated carbocycles. The quantitative estimate of drug-likeness (QED) is 0.846. The van der Waals surface area contributed by atoms with Gasteiger partial charge in [-0.25, -0.2) is 0 Å². The molecule has 1 aromatic carbocycles. The lowest BCUT2D eigenvalue weighted by molar-refractivity contribution is -0.136. The van der Waals surface area contributed by atoms with Gasteiger partial charge in [0.1, 0.15) is 0 Å². The van der Waals surface area contributed by atoms with Gasteiger partial charge in [0.2, 0.25) is 17.7 Å². The highest BCUT2D eigenvalue weighted by atomic mass is 16.4. The molecule has 27 heavy (non-hydrogen) atoms. The average Bonchev–Trinajstić information content (AvgIpc) is 3.15. The minimum atomic E-state index is 0.0600. The standard InChI is InChI=1S/C21H28N4O2/c1-2-3-11-18(26)25-13-16(14-25)20-23-24-21(27-20)19-17(10-7-12-22-19)15-8-5-4-6-9-15/h4-6,8-9,16-17,19,22H,2-3,7,10-14H2,1H3/t17-,19-/m0/s1. The fourth-order valence-corrected chi connectivity index (χ4v) is 4.07. The molecule has 2 aliphatic rings. The van der Waals surface area contributed by atoms with E-state index < -0.39 is 0 Å². The van der Waals surface area contributed by atoms with E-state index >= 15 is 0 Å². The van der Waals surface area contributed by atoms with E-state index in [1.165, 1.54) is 5.56 Å². The van der Waals surface area contributed by atoms with Crippen molar-refractivity contribution in [3.05, 3.63) is 47.7 Å². The number of aromatic nitrogens is 2. The average molecular weight is 368 g/mol. The first-order valence-corrected chi connectivity index (χ1v) is 10.2. The van der Waals surface area contributed by atoms with Crippen molar-refractivity contribution in [2.24, 2.45) is 0 Å². The van der Waals surface area contributed by atoms with Crippen LogP contribution in [-0.4, -0.2) is 40.6 Å². The molecule has 6 heteroatoms. The maximum Gasteiger partial charge on any atom is 0.234 e. The van der Waals surface area contributed by atoms with Crippen LogP contribution < -0.4 is 5.32 Å². The molecule has 144 valence electrons. The predicted molar refractivity (Wildman–Crippen MR) is 102 cm³/mol. The Morgan fingerprint density at radius 1 is 1.22 bits per heavy atom. The molecule has 0 spiro atoms. The van der Waals surface area contributed by atoms with Crippen molar-refractivity contribution in [1.29, 1.82) is 0 Å². The predicted octanol–water partition coefficient (Wildman–Crippen LogP) is 3.39. The zero-order valence-corrected chi connectivity index (χ0v) is 15.9. The number of unbranched alkanes of at least 4 members (excludes halogenated alkanes) is 1. The smallest absolute Gasteiger partial charge is 0.234 e. The maximum absolute atomic E-state index is 12.1. The number of piperidine rings is 1. The molecule has 2 aromatic rings. The fourth-order valence-electron chi connectivity index (χ4n) is 4.07. The Balaban J connectivity index is 1.41. The number of hydrogen-bond donors (Lipinski definition) is 1. The van der Waals surface area contributed by atoms with Crippen molar-refractivity contribution >= 4 is 5.91 Å². The topological polar surface area (TPSA) is 71.3 Å². The number of carbonyl (C=O) groups excluding carboxylic acids is 1. The summed E-state index contributed by atoms with van der Waals surface area (Å²) in [6.07, 6.45) is 4.91. The lowest BCUT2D eigenvalue weighted by Crippen LogP contribution is -2.48. The highest BCUT2D eigenvalue weighted by Crippen LogP contribution is 2.37. The van der Waals surface area contributed by atoms with Crippen LogP contribution in [0.5, 0.6) is 0 Å². The second-order valence-corrected chi connectivity index (χ2v) is 7.67. The summed E-state index contributed by atoms with van der Waals surface area (Å²) in [6.45, 7) is 4.47. The molecule has 2 aliphatic heterocycles. The van der Waals surface area contributed by atoms with Gasteiger partial charge in [-0.1, -0.05) is 43.7 Å². The van der Waals surface area contributed by atoms with Crippen LogP contribution in [0.1, 0.15) is 74.3 Å². The molecule has 1 aromatic heterocycles. The minimum absolute atomic E-state index is 0.0600. The van der Waals surface area contributed by atoms with E-state index in [2.05, 4.69) is 46.7 Å². The zero-order chi connectivity index (χ0) is 18.6. The third-order valence-corrected chi connectivity index (χ3v) is 5.74. The molecule has 0 radical (unpaired) electrons. The largest absolute Gasteiger partial charge is 0.423 e. The first-order valence-electron chi connectivity index (χ1n) is 10.2. The second kappa shape index (κ2) is 8.21. The van der Waals surface area contributed by atoms with Gasteiger partial charge in [-0.05, 0) is 31.4 Å². The fraction of sp³-hybridized carbons (Fsp3) is 0.571. The van der Waals surface area contributed by atoms with Crippen LogP contribution in [0.3, 0.4) is 0 Å². The van der Waals surface area contributed by atoms with Crippen LogP contribution >= 0.6 is 0 Å². The molecule has 1 amide bonds. The van der Waals surface area contributed by atoms with E-state index in [0.717, 1.165) is 32.2 Å². The Morgan fingerprint density at radius 2 is 2.00 bits per heavy atom. The Kier molecular flexibility index (Phi) is 5.53. The molecular formula is C21H28N4O2. The van der Waals surface area contributed by atoms with Crippen molar-refractivity contribution in [3.8, 4) is 0 Å². The van der Waals surface area contributed by atoms with Crippen LogP contribution in [0, 0.1) is 0 Å². The Labute approximate surface area is 160 Å². The van der Waals surface area contributed by atoms with Crippen molar-refractivity contribution in [3.63, 3.8) is 0 Å². The minimum Gasteiger partial charge on any atom is -0.423 e. The summed E-state index contributed by atoms with van der Waals surface area (Å²) in [5.74, 6) is 2.11. The van der Waals surface area contributed by atoms with E-state index in [4.69, 9.17) is 4.42 Å². The molecule has 6 nitrogen and oxygen atoms in total. The highest BCUT2D eigenvalue weighted by molar-refractivity contribution is 5.77. The van der Waals surface area contributed by atoms with Gasteiger partial charge in [0, 0.05) is 25.4 Å². The molecule has 4 rings (SSSR count). The number of nitrogens with one attached hydrogen (secondary N) is 1. The number of benzene rings is 1. The van der Waals surface area contributed by atoms with Gasteiger partial charge in [0.05, 0.1) is 12.0 Å². The van der Waals surface area contributed by atoms with Crippen LogP contribution in [-0.2, 0) is 4.79 Å². The van der Waals surface area contributed by atoms with Gasteiger partial charge in [0.15, 0.2) is 0 Å². The van der Waals surface area contributed by atoms with Crippen molar-refractivity contribution in [2.45, 2.75) is 56.9 Å². The van der Waals surface area contributed by atoms with Crippen LogP contribution in [0.4, 0.5) is 0 Å². The summed E-state index contributed by atoms with van der Waals surface area (Å²) >= 11 is 0. The number of hydrogen-bond acceptors (Lipinski definition) is 5. The molecule has 0 bridgehead atoms. The summed E-state index contributed by atoms with van der Waals surface area (Å²) < 4.78 is 6.07. The van der Waals surface area contributed by atoms with Crippen molar-refractivity contribution < 1.29 is 9.21 Å². The molecule has 2 atom stereocenters. The molecule has 1 N–H and O–H groups in total. The Bertz CT molecular complexity index is 755. The van der Waals surface area contributed by atoms with Gasteiger partial charge in [0.25, 0.3) is 0 Å². The van der Waals surface area contributed by atoms with E-state index in [0.29, 0.717) is 37.2 Å². The summed E-state index contributed by atoms with van der Waals surface area (Å²) in [4.78, 5) is 14.0. The van der Waals surface area contributed by atoms with Crippen LogP contribution in [0.15, 0.2) is 34.7 Å². The van der Waals surface area contributed by atoms with Gasteiger partial charge >= 0.3 is 0 Å². The first kappa shape index (κ1) is 18.2. The summed E-state index contributed by atoms with van der Waals surface area (Å²) in [7, 11) is 0. The maximum atomic E-state index is 12.1. The third-order valence-electron chi connectivity index (χ3n) is 5.74. The molecule has 2 saturated heterocycles. The number of likely N-dealkylation sites (tertiary alicyclic amines) is 1. The molecule has 3 heterocycles. The SMILES string of the molecule is CCCCC(=O)N1CC(c2nnc([C@H]3NCCC[C@H]3c3ccccc3)o2)C1. The van der Waals surface area contributed by atoms with Crippen molar-refractivity contribution in [1.82, 2.24) is 20.4 Å². The van der Waals surface area contributed by atoms with E-state index in [-0.39, 0.29) is 17.9 Å². The van der Waals surface area contributed by atoms with Gasteiger partial charge in [-0.3, -0.25) is 4.79 Å². The summed E-state index contributed by atoms with van der Waals surface area (Å²) in [5.41, 5.74) is 1.31. The highest BCUT2D eigenvalue weighted by Gasteiger charge is 2.37. The normalized spacial score (nSPS) is 23.2. The molecule has 2 fully saturated rings. The lowest BCUT2D eigenvalue weighted by atomic mass is 9.85.